The van der Waals surface area contributed by atoms with E-state index in [4.69, 9.17) is 4.74 Å². The number of ether oxygens (including phenoxy) is 1. The monoisotopic (exact) mass is 297 g/mol. The van der Waals surface area contributed by atoms with Crippen molar-refractivity contribution >= 4 is 0 Å². The quantitative estimate of drug-likeness (QED) is 0.690. The van der Waals surface area contributed by atoms with Crippen LogP contribution in [0.5, 0.6) is 0 Å². The highest BCUT2D eigenvalue weighted by Crippen LogP contribution is 2.31. The molecule has 2 fully saturated rings. The van der Waals surface area contributed by atoms with Crippen LogP contribution in [-0.4, -0.2) is 76.4 Å². The summed E-state index contributed by atoms with van der Waals surface area (Å²) in [5, 5.41) is 3.63. The van der Waals surface area contributed by atoms with E-state index in [-0.39, 0.29) is 0 Å². The fourth-order valence-electron chi connectivity index (χ4n) is 3.82. The smallest absolute Gasteiger partial charge is 0.0547 e. The Morgan fingerprint density at radius 1 is 1.29 bits per heavy atom. The fraction of sp³-hybridized carbons (Fsp3) is 1.00. The van der Waals surface area contributed by atoms with Crippen molar-refractivity contribution in [3.05, 3.63) is 0 Å². The van der Waals surface area contributed by atoms with Crippen LogP contribution in [0.25, 0.3) is 0 Å². The van der Waals surface area contributed by atoms with Crippen LogP contribution in [0.4, 0.5) is 0 Å². The molecule has 0 aromatic rings. The maximum Gasteiger partial charge on any atom is 0.0547 e. The van der Waals surface area contributed by atoms with Crippen LogP contribution in [0.1, 0.15) is 32.6 Å². The number of nitrogens with zero attached hydrogens (tertiary/aromatic N) is 2. The van der Waals surface area contributed by atoms with Crippen LogP contribution in [0, 0.1) is 11.3 Å². The van der Waals surface area contributed by atoms with E-state index in [1.165, 1.54) is 51.9 Å². The molecule has 124 valence electrons. The Balaban J connectivity index is 1.76. The minimum atomic E-state index is 0.365. The van der Waals surface area contributed by atoms with Crippen molar-refractivity contribution in [1.82, 2.24) is 15.1 Å². The predicted molar refractivity (Wildman–Crippen MR) is 88.7 cm³/mol. The van der Waals surface area contributed by atoms with Crippen LogP contribution >= 0.6 is 0 Å². The zero-order valence-electron chi connectivity index (χ0n) is 14.4. The maximum absolute atomic E-state index is 5.73. The zero-order valence-corrected chi connectivity index (χ0v) is 14.4. The van der Waals surface area contributed by atoms with Gasteiger partial charge in [-0.25, -0.2) is 0 Å². The lowest BCUT2D eigenvalue weighted by Gasteiger charge is -2.39. The highest BCUT2D eigenvalue weighted by Gasteiger charge is 2.37. The highest BCUT2D eigenvalue weighted by molar-refractivity contribution is 4.89. The van der Waals surface area contributed by atoms with E-state index in [1.807, 2.05) is 0 Å². The molecule has 2 heterocycles. The summed E-state index contributed by atoms with van der Waals surface area (Å²) in [5.41, 5.74) is 0.365. The number of hydrogen-bond donors (Lipinski definition) is 1. The van der Waals surface area contributed by atoms with Crippen LogP contribution in [0.15, 0.2) is 0 Å². The van der Waals surface area contributed by atoms with E-state index < -0.39 is 0 Å². The van der Waals surface area contributed by atoms with Gasteiger partial charge in [0.25, 0.3) is 0 Å². The largest absolute Gasteiger partial charge is 0.381 e. The van der Waals surface area contributed by atoms with Crippen LogP contribution < -0.4 is 5.32 Å². The Hall–Kier alpha value is -0.160. The second-order valence-corrected chi connectivity index (χ2v) is 7.46. The van der Waals surface area contributed by atoms with E-state index in [9.17, 15) is 0 Å². The minimum absolute atomic E-state index is 0.365. The Bertz CT molecular complexity index is 282. The van der Waals surface area contributed by atoms with E-state index in [2.05, 4.69) is 36.1 Å². The molecular weight excluding hydrogens is 262 g/mol. The molecule has 0 bridgehead atoms. The van der Waals surface area contributed by atoms with E-state index in [0.29, 0.717) is 5.41 Å². The van der Waals surface area contributed by atoms with Gasteiger partial charge in [-0.05, 0) is 65.3 Å². The Labute approximate surface area is 131 Å². The average molecular weight is 297 g/mol. The normalized spacial score (nSPS) is 28.6. The topological polar surface area (TPSA) is 27.7 Å². The SMILES string of the molecule is CCCNCC1(CN2CCC(CN(C)C)CC2)CCOC1. The Morgan fingerprint density at radius 3 is 2.62 bits per heavy atom. The molecule has 2 aliphatic heterocycles. The molecule has 1 unspecified atom stereocenters. The van der Waals surface area contributed by atoms with Crippen molar-refractivity contribution in [2.45, 2.75) is 32.6 Å². The van der Waals surface area contributed by atoms with E-state index >= 15 is 0 Å². The summed E-state index contributed by atoms with van der Waals surface area (Å²) in [4.78, 5) is 5.02. The summed E-state index contributed by atoms with van der Waals surface area (Å²) in [6.07, 6.45) is 5.16. The molecule has 1 N–H and O–H groups in total. The molecule has 2 aliphatic rings. The van der Waals surface area contributed by atoms with Gasteiger partial charge in [-0.1, -0.05) is 6.92 Å². The standard InChI is InChI=1S/C17H35N3O/c1-4-8-18-13-17(7-11-21-15-17)14-20-9-5-16(6-10-20)12-19(2)3/h16,18H,4-15H2,1-3H3. The number of hydrogen-bond acceptors (Lipinski definition) is 4. The summed E-state index contributed by atoms with van der Waals surface area (Å²) in [5.74, 6) is 0.894. The Morgan fingerprint density at radius 2 is 2.05 bits per heavy atom. The first-order valence-electron chi connectivity index (χ1n) is 8.79. The van der Waals surface area contributed by atoms with E-state index in [0.717, 1.165) is 32.2 Å². The van der Waals surface area contributed by atoms with Crippen molar-refractivity contribution in [2.75, 3.05) is 66.6 Å². The molecule has 0 amide bonds. The van der Waals surface area contributed by atoms with Gasteiger partial charge in [-0.2, -0.15) is 0 Å². The summed E-state index contributed by atoms with van der Waals surface area (Å²) in [7, 11) is 4.38. The lowest BCUT2D eigenvalue weighted by molar-refractivity contribution is 0.0830. The first-order valence-corrected chi connectivity index (χ1v) is 8.79. The van der Waals surface area contributed by atoms with Crippen LogP contribution in [-0.2, 0) is 4.74 Å². The summed E-state index contributed by atoms with van der Waals surface area (Å²) in [6, 6.07) is 0. The first-order chi connectivity index (χ1) is 10.1. The van der Waals surface area contributed by atoms with Gasteiger partial charge in [0.15, 0.2) is 0 Å². The molecule has 1 atom stereocenters. The van der Waals surface area contributed by atoms with Gasteiger partial charge >= 0.3 is 0 Å². The second kappa shape index (κ2) is 8.47. The minimum Gasteiger partial charge on any atom is -0.381 e. The summed E-state index contributed by atoms with van der Waals surface area (Å²) >= 11 is 0. The average Bonchev–Trinajstić information content (AvgIpc) is 2.90. The van der Waals surface area contributed by atoms with Gasteiger partial charge in [-0.15, -0.1) is 0 Å². The van der Waals surface area contributed by atoms with Crippen molar-refractivity contribution in [1.29, 1.82) is 0 Å². The predicted octanol–water partition coefficient (Wildman–Crippen LogP) is 1.67. The van der Waals surface area contributed by atoms with Gasteiger partial charge in [0, 0.05) is 31.7 Å². The van der Waals surface area contributed by atoms with Crippen molar-refractivity contribution in [3.8, 4) is 0 Å². The number of likely N-dealkylation sites (tertiary alicyclic amines) is 1. The first kappa shape index (κ1) is 17.2. The van der Waals surface area contributed by atoms with Gasteiger partial charge in [0.05, 0.1) is 6.61 Å². The molecule has 0 radical (unpaired) electrons. The molecule has 0 spiro atoms. The van der Waals surface area contributed by atoms with Crippen LogP contribution in [0.2, 0.25) is 0 Å². The van der Waals surface area contributed by atoms with Gasteiger partial charge in [0.2, 0.25) is 0 Å². The van der Waals surface area contributed by atoms with Gasteiger partial charge in [0.1, 0.15) is 0 Å². The third-order valence-electron chi connectivity index (χ3n) is 5.00. The third-order valence-corrected chi connectivity index (χ3v) is 5.00. The summed E-state index contributed by atoms with van der Waals surface area (Å²) < 4.78 is 5.73. The fourth-order valence-corrected chi connectivity index (χ4v) is 3.82. The molecule has 0 aliphatic carbocycles. The van der Waals surface area contributed by atoms with E-state index in [1.54, 1.807) is 0 Å². The number of nitrogens with one attached hydrogen (secondary N) is 1. The maximum atomic E-state index is 5.73. The van der Waals surface area contributed by atoms with Crippen molar-refractivity contribution < 1.29 is 4.74 Å². The van der Waals surface area contributed by atoms with Crippen LogP contribution in [0.3, 0.4) is 0 Å². The second-order valence-electron chi connectivity index (χ2n) is 7.46. The molecule has 0 aromatic heterocycles. The third kappa shape index (κ3) is 5.51. The van der Waals surface area contributed by atoms with Crippen molar-refractivity contribution in [2.24, 2.45) is 11.3 Å². The van der Waals surface area contributed by atoms with Gasteiger partial charge in [-0.3, -0.25) is 0 Å². The molecule has 21 heavy (non-hydrogen) atoms. The number of piperidine rings is 1. The van der Waals surface area contributed by atoms with Gasteiger partial charge < -0.3 is 19.9 Å². The summed E-state index contributed by atoms with van der Waals surface area (Å²) in [6.45, 7) is 11.4. The lowest BCUT2D eigenvalue weighted by Crippen LogP contribution is -2.47. The molecular formula is C17H35N3O. The van der Waals surface area contributed by atoms with Crippen molar-refractivity contribution in [3.63, 3.8) is 0 Å². The number of rotatable bonds is 8. The zero-order chi connectivity index (χ0) is 15.1. The molecule has 0 saturated carbocycles. The molecule has 4 nitrogen and oxygen atoms in total. The lowest BCUT2D eigenvalue weighted by atomic mass is 9.85. The highest BCUT2D eigenvalue weighted by atomic mass is 16.5. The Kier molecular flexibility index (Phi) is 6.93. The molecule has 2 rings (SSSR count). The molecule has 4 heteroatoms. The molecule has 2 saturated heterocycles. The molecule has 0 aromatic carbocycles.